The largest absolute Gasteiger partial charge is 0.497 e. The van der Waals surface area contributed by atoms with Gasteiger partial charge in [-0.1, -0.05) is 26.0 Å². The van der Waals surface area contributed by atoms with E-state index < -0.39 is 0 Å². The average Bonchev–Trinajstić information content (AvgIpc) is 3.37. The highest BCUT2D eigenvalue weighted by Crippen LogP contribution is 2.48. The number of hydrogen-bond donors (Lipinski definition) is 1. The summed E-state index contributed by atoms with van der Waals surface area (Å²) in [7, 11) is 1.65. The van der Waals surface area contributed by atoms with Crippen LogP contribution in [0.4, 0.5) is 5.69 Å². The SMILES string of the molecule is COc1cccc(C2CC2C(=O)Nc2ccc(-c3ncc(C(C)C)o3)cc2)c1. The number of carbonyl (C=O) groups excluding carboxylic acids is 1. The minimum Gasteiger partial charge on any atom is -0.497 e. The molecule has 4 rings (SSSR count). The van der Waals surface area contributed by atoms with Crippen molar-refractivity contribution in [2.24, 2.45) is 5.92 Å². The number of carbonyl (C=O) groups is 1. The van der Waals surface area contributed by atoms with Crippen LogP contribution in [0.15, 0.2) is 59.1 Å². The molecule has 0 bridgehead atoms. The molecule has 5 heteroatoms. The van der Waals surface area contributed by atoms with Gasteiger partial charge in [-0.05, 0) is 54.3 Å². The summed E-state index contributed by atoms with van der Waals surface area (Å²) in [5.41, 5.74) is 2.82. The van der Waals surface area contributed by atoms with Gasteiger partial charge in [-0.15, -0.1) is 0 Å². The van der Waals surface area contributed by atoms with E-state index in [0.717, 1.165) is 34.7 Å². The molecule has 1 fully saturated rings. The third kappa shape index (κ3) is 3.79. The Labute approximate surface area is 164 Å². The smallest absolute Gasteiger partial charge is 0.228 e. The van der Waals surface area contributed by atoms with Gasteiger partial charge in [0.25, 0.3) is 0 Å². The molecule has 1 N–H and O–H groups in total. The van der Waals surface area contributed by atoms with Crippen molar-refractivity contribution < 1.29 is 13.9 Å². The highest BCUT2D eigenvalue weighted by molar-refractivity contribution is 5.95. The maximum absolute atomic E-state index is 12.6. The summed E-state index contributed by atoms with van der Waals surface area (Å²) >= 11 is 0. The van der Waals surface area contributed by atoms with Crippen LogP contribution >= 0.6 is 0 Å². The summed E-state index contributed by atoms with van der Waals surface area (Å²) in [6, 6.07) is 15.5. The van der Waals surface area contributed by atoms with Crippen molar-refractivity contribution in [3.63, 3.8) is 0 Å². The molecule has 0 spiro atoms. The predicted octanol–water partition coefficient (Wildman–Crippen LogP) is 5.22. The molecule has 28 heavy (non-hydrogen) atoms. The Balaban J connectivity index is 1.38. The van der Waals surface area contributed by atoms with Crippen molar-refractivity contribution in [2.75, 3.05) is 12.4 Å². The molecule has 0 aliphatic heterocycles. The van der Waals surface area contributed by atoms with Gasteiger partial charge in [0.1, 0.15) is 11.5 Å². The Bertz CT molecular complexity index is 976. The van der Waals surface area contributed by atoms with E-state index in [1.165, 1.54) is 0 Å². The zero-order chi connectivity index (χ0) is 19.7. The number of rotatable bonds is 6. The molecule has 1 aliphatic rings. The molecule has 1 heterocycles. The zero-order valence-corrected chi connectivity index (χ0v) is 16.3. The van der Waals surface area contributed by atoms with Gasteiger partial charge >= 0.3 is 0 Å². The van der Waals surface area contributed by atoms with Crippen molar-refractivity contribution in [2.45, 2.75) is 32.1 Å². The van der Waals surface area contributed by atoms with Gasteiger partial charge in [-0.3, -0.25) is 4.79 Å². The van der Waals surface area contributed by atoms with Crippen LogP contribution in [0.5, 0.6) is 5.75 Å². The van der Waals surface area contributed by atoms with Crippen LogP contribution < -0.4 is 10.1 Å². The van der Waals surface area contributed by atoms with E-state index in [1.54, 1.807) is 13.3 Å². The number of hydrogen-bond acceptors (Lipinski definition) is 4. The third-order valence-corrected chi connectivity index (χ3v) is 5.14. The minimum absolute atomic E-state index is 0.00660. The van der Waals surface area contributed by atoms with E-state index in [0.29, 0.717) is 11.8 Å². The van der Waals surface area contributed by atoms with E-state index in [9.17, 15) is 4.79 Å². The Morgan fingerprint density at radius 1 is 1.21 bits per heavy atom. The maximum atomic E-state index is 12.6. The molecule has 2 unspecified atom stereocenters. The molecule has 1 saturated carbocycles. The van der Waals surface area contributed by atoms with Crippen molar-refractivity contribution in [1.29, 1.82) is 0 Å². The molecule has 2 aromatic carbocycles. The topological polar surface area (TPSA) is 64.4 Å². The fourth-order valence-electron chi connectivity index (χ4n) is 3.34. The van der Waals surface area contributed by atoms with E-state index in [1.807, 2.05) is 42.5 Å². The van der Waals surface area contributed by atoms with E-state index in [2.05, 4.69) is 30.2 Å². The molecule has 0 radical (unpaired) electrons. The molecule has 0 saturated heterocycles. The summed E-state index contributed by atoms with van der Waals surface area (Å²) in [6.45, 7) is 4.14. The Morgan fingerprint density at radius 2 is 2.00 bits per heavy atom. The third-order valence-electron chi connectivity index (χ3n) is 5.14. The van der Waals surface area contributed by atoms with Crippen LogP contribution in [0.2, 0.25) is 0 Å². The fourth-order valence-corrected chi connectivity index (χ4v) is 3.34. The number of oxazole rings is 1. The first kappa shape index (κ1) is 18.3. The number of ether oxygens (including phenoxy) is 1. The van der Waals surface area contributed by atoms with Crippen LogP contribution in [0.25, 0.3) is 11.5 Å². The lowest BCUT2D eigenvalue weighted by molar-refractivity contribution is -0.117. The second-order valence-electron chi connectivity index (χ2n) is 7.51. The number of amides is 1. The quantitative estimate of drug-likeness (QED) is 0.641. The minimum atomic E-state index is 0.00660. The van der Waals surface area contributed by atoms with Gasteiger partial charge in [-0.25, -0.2) is 4.98 Å². The second kappa shape index (κ2) is 7.50. The lowest BCUT2D eigenvalue weighted by Gasteiger charge is -2.07. The standard InChI is InChI=1S/C23H24N2O3/c1-14(2)21-13-24-23(28-21)15-7-9-17(10-8-15)25-22(26)20-12-19(20)16-5-4-6-18(11-16)27-3/h4-11,13-14,19-20H,12H2,1-3H3,(H,25,26). The number of anilines is 1. The molecule has 144 valence electrons. The first-order chi connectivity index (χ1) is 13.5. The van der Waals surface area contributed by atoms with Gasteiger partial charge in [0.2, 0.25) is 11.8 Å². The van der Waals surface area contributed by atoms with Crippen LogP contribution in [0.1, 0.15) is 43.4 Å². The lowest BCUT2D eigenvalue weighted by Crippen LogP contribution is -2.14. The first-order valence-electron chi connectivity index (χ1n) is 9.56. The van der Waals surface area contributed by atoms with Crippen LogP contribution in [0.3, 0.4) is 0 Å². The van der Waals surface area contributed by atoms with Crippen LogP contribution in [-0.2, 0) is 4.79 Å². The Hall–Kier alpha value is -3.08. The summed E-state index contributed by atoms with van der Waals surface area (Å²) in [6.07, 6.45) is 2.63. The molecule has 3 aromatic rings. The average molecular weight is 376 g/mol. The van der Waals surface area contributed by atoms with Crippen molar-refractivity contribution in [1.82, 2.24) is 4.98 Å². The zero-order valence-electron chi connectivity index (χ0n) is 16.3. The predicted molar refractivity (Wildman–Crippen MR) is 108 cm³/mol. The Kier molecular flexibility index (Phi) is 4.90. The second-order valence-corrected chi connectivity index (χ2v) is 7.51. The monoisotopic (exact) mass is 376 g/mol. The first-order valence-corrected chi connectivity index (χ1v) is 9.56. The van der Waals surface area contributed by atoms with Crippen molar-refractivity contribution in [3.05, 3.63) is 66.1 Å². The molecule has 1 aromatic heterocycles. The molecular formula is C23H24N2O3. The van der Waals surface area contributed by atoms with E-state index in [4.69, 9.17) is 9.15 Å². The Morgan fingerprint density at radius 3 is 2.68 bits per heavy atom. The van der Waals surface area contributed by atoms with E-state index >= 15 is 0 Å². The highest BCUT2D eigenvalue weighted by Gasteiger charge is 2.44. The summed E-state index contributed by atoms with van der Waals surface area (Å²) in [5, 5.41) is 3.01. The summed E-state index contributed by atoms with van der Waals surface area (Å²) in [5.74, 6) is 2.91. The van der Waals surface area contributed by atoms with Gasteiger partial charge in [0.05, 0.1) is 13.3 Å². The number of benzene rings is 2. The van der Waals surface area contributed by atoms with Gasteiger partial charge in [0, 0.05) is 23.1 Å². The van der Waals surface area contributed by atoms with Gasteiger partial charge in [0.15, 0.2) is 0 Å². The highest BCUT2D eigenvalue weighted by atomic mass is 16.5. The molecule has 1 aliphatic carbocycles. The lowest BCUT2D eigenvalue weighted by atomic mass is 10.1. The van der Waals surface area contributed by atoms with Gasteiger partial charge < -0.3 is 14.5 Å². The molecule has 5 nitrogen and oxygen atoms in total. The van der Waals surface area contributed by atoms with Crippen molar-refractivity contribution >= 4 is 11.6 Å². The maximum Gasteiger partial charge on any atom is 0.228 e. The molecule has 1 amide bonds. The number of aromatic nitrogens is 1. The fraction of sp³-hybridized carbons (Fsp3) is 0.304. The normalized spacial score (nSPS) is 18.1. The molecular weight excluding hydrogens is 352 g/mol. The molecule has 2 atom stereocenters. The summed E-state index contributed by atoms with van der Waals surface area (Å²) in [4.78, 5) is 16.9. The van der Waals surface area contributed by atoms with Crippen molar-refractivity contribution in [3.8, 4) is 17.2 Å². The number of nitrogens with one attached hydrogen (secondary N) is 1. The van der Waals surface area contributed by atoms with Gasteiger partial charge in [-0.2, -0.15) is 0 Å². The number of methoxy groups -OCH3 is 1. The van der Waals surface area contributed by atoms with Crippen LogP contribution in [-0.4, -0.2) is 18.0 Å². The van der Waals surface area contributed by atoms with Crippen LogP contribution in [0, 0.1) is 5.92 Å². The van der Waals surface area contributed by atoms with E-state index in [-0.39, 0.29) is 17.7 Å². The number of nitrogens with zero attached hydrogens (tertiary/aromatic N) is 1. The summed E-state index contributed by atoms with van der Waals surface area (Å²) < 4.78 is 11.0.